The highest BCUT2D eigenvalue weighted by molar-refractivity contribution is 6.17. The van der Waals surface area contributed by atoms with Crippen LogP contribution in [-0.4, -0.2) is 34.1 Å². The maximum Gasteiger partial charge on any atom is 0.164 e. The lowest BCUT2D eigenvalue weighted by Gasteiger charge is -2.13. The van der Waals surface area contributed by atoms with Gasteiger partial charge in [-0.3, -0.25) is 0 Å². The standard InChI is InChI=1S/C103H63N7O2/c1-6-23-65(24-7-1)88-63-89(105-102(104-88)75-30-20-29-74(57-75)78-38-21-41-96-98(78)86-60-71(50-55-94(86)111-96)69-48-53-91-84(58-69)80-36-18-19-40-90(80)109(91)76-31-12-4-13-32-76)66-45-43-64(44-46-66)73-47-52-81-85-59-70(49-54-92(85)110(93(81)62-73)77-33-14-5-15-34-77)72-51-56-95-87(61-72)99-82(39-22-42-97(99)112-95)79-35-16-17-37-83(79)103-107-100(67-25-8-2-9-26-67)106-101(108-103)68-27-10-3-11-28-68/h1-63H. The molecule has 6 aromatic heterocycles. The van der Waals surface area contributed by atoms with E-state index in [0.29, 0.717) is 23.3 Å². The van der Waals surface area contributed by atoms with E-state index in [2.05, 4.69) is 325 Å². The summed E-state index contributed by atoms with van der Waals surface area (Å²) in [5.74, 6) is 2.45. The maximum absolute atomic E-state index is 6.72. The Kier molecular flexibility index (Phi) is 15.1. The fourth-order valence-corrected chi connectivity index (χ4v) is 16.7. The average molecular weight is 1430 g/mol. The van der Waals surface area contributed by atoms with Crippen LogP contribution < -0.4 is 0 Å². The van der Waals surface area contributed by atoms with Gasteiger partial charge in [0.2, 0.25) is 0 Å². The molecule has 9 nitrogen and oxygen atoms in total. The highest BCUT2D eigenvalue weighted by atomic mass is 16.3. The highest BCUT2D eigenvalue weighted by Gasteiger charge is 2.24. The van der Waals surface area contributed by atoms with Crippen LogP contribution in [0.3, 0.4) is 0 Å². The minimum absolute atomic E-state index is 0.591. The predicted molar refractivity (Wildman–Crippen MR) is 458 cm³/mol. The van der Waals surface area contributed by atoms with Gasteiger partial charge in [0, 0.05) is 87.8 Å². The van der Waals surface area contributed by atoms with Crippen LogP contribution in [0.15, 0.2) is 391 Å². The van der Waals surface area contributed by atoms with Crippen molar-refractivity contribution in [2.24, 2.45) is 0 Å². The Bertz CT molecular complexity index is 7420. The number of benzene rings is 16. The number of para-hydroxylation sites is 3. The molecule has 0 saturated heterocycles. The normalized spacial score (nSPS) is 11.8. The van der Waals surface area contributed by atoms with E-state index in [9.17, 15) is 0 Å². The molecule has 6 heterocycles. The zero-order valence-electron chi connectivity index (χ0n) is 60.3. The predicted octanol–water partition coefficient (Wildman–Crippen LogP) is 27.0. The van der Waals surface area contributed by atoms with Crippen LogP contribution in [-0.2, 0) is 0 Å². The number of aromatic nitrogens is 7. The topological polar surface area (TPSA) is 101 Å². The van der Waals surface area contributed by atoms with Gasteiger partial charge in [-0.2, -0.15) is 0 Å². The third kappa shape index (κ3) is 11.0. The van der Waals surface area contributed by atoms with Gasteiger partial charge in [0.05, 0.1) is 33.5 Å². The quantitative estimate of drug-likeness (QED) is 0.113. The summed E-state index contributed by atoms with van der Waals surface area (Å²) in [7, 11) is 0. The monoisotopic (exact) mass is 1430 g/mol. The number of hydrogen-bond acceptors (Lipinski definition) is 7. The molecule has 0 N–H and O–H groups in total. The van der Waals surface area contributed by atoms with Crippen LogP contribution in [0.1, 0.15) is 0 Å². The van der Waals surface area contributed by atoms with Gasteiger partial charge in [-0.05, 0) is 165 Å². The lowest BCUT2D eigenvalue weighted by atomic mass is 9.94. The van der Waals surface area contributed by atoms with Crippen LogP contribution in [0.4, 0.5) is 0 Å². The molecule has 0 spiro atoms. The Morgan fingerprint density at radius 1 is 0.179 bits per heavy atom. The Balaban J connectivity index is 0.598. The summed E-state index contributed by atoms with van der Waals surface area (Å²) in [4.78, 5) is 26.1. The van der Waals surface area contributed by atoms with Crippen LogP contribution in [0, 0.1) is 0 Å². The van der Waals surface area contributed by atoms with Crippen molar-refractivity contribution in [1.82, 2.24) is 34.1 Å². The van der Waals surface area contributed by atoms with Gasteiger partial charge in [-0.15, -0.1) is 0 Å². The molecule has 0 radical (unpaired) electrons. The number of furan rings is 2. The van der Waals surface area contributed by atoms with E-state index in [0.717, 1.165) is 177 Å². The van der Waals surface area contributed by atoms with Gasteiger partial charge in [0.15, 0.2) is 23.3 Å². The largest absolute Gasteiger partial charge is 0.456 e. The van der Waals surface area contributed by atoms with Crippen molar-refractivity contribution in [2.45, 2.75) is 0 Å². The fraction of sp³-hybridized carbons (Fsp3) is 0. The first kappa shape index (κ1) is 64.0. The van der Waals surface area contributed by atoms with Crippen molar-refractivity contribution in [3.63, 3.8) is 0 Å². The summed E-state index contributed by atoms with van der Waals surface area (Å²) in [6.45, 7) is 0. The molecule has 22 aromatic rings. The van der Waals surface area contributed by atoms with Crippen molar-refractivity contribution in [3.8, 4) is 135 Å². The molecule has 0 aliphatic rings. The number of nitrogens with zero attached hydrogens (tertiary/aromatic N) is 7. The molecule has 0 aliphatic heterocycles. The van der Waals surface area contributed by atoms with Gasteiger partial charge >= 0.3 is 0 Å². The average Bonchev–Trinajstić information content (AvgIpc) is 1.58. The highest BCUT2D eigenvalue weighted by Crippen LogP contribution is 2.46. The molecule has 0 atom stereocenters. The molecule has 16 aromatic carbocycles. The lowest BCUT2D eigenvalue weighted by molar-refractivity contribution is 0.668. The Morgan fingerprint density at radius 2 is 0.562 bits per heavy atom. The van der Waals surface area contributed by atoms with Gasteiger partial charge in [0.1, 0.15) is 22.3 Å². The Hall–Kier alpha value is -15.2. The van der Waals surface area contributed by atoms with E-state index in [4.69, 9.17) is 33.8 Å². The van der Waals surface area contributed by atoms with E-state index in [1.54, 1.807) is 0 Å². The minimum atomic E-state index is 0.591. The molecular formula is C103H63N7O2. The number of rotatable bonds is 13. The fourth-order valence-electron chi connectivity index (χ4n) is 16.7. The third-order valence-electron chi connectivity index (χ3n) is 22.0. The van der Waals surface area contributed by atoms with Crippen molar-refractivity contribution in [1.29, 1.82) is 0 Å². The first-order chi connectivity index (χ1) is 55.5. The Morgan fingerprint density at radius 3 is 1.16 bits per heavy atom. The number of hydrogen-bond donors (Lipinski definition) is 0. The molecule has 0 bridgehead atoms. The molecule has 0 unspecified atom stereocenters. The molecule has 0 saturated carbocycles. The van der Waals surface area contributed by atoms with Gasteiger partial charge < -0.3 is 18.0 Å². The SMILES string of the molecule is c1ccc(-c2cc(-c3ccc(-c4ccc5c6cc(-c7ccc8oc9cccc(-c%10ccccc%10-c%10nc(-c%11ccccc%11)nc(-c%11ccccc%11)n%10)c9c8c7)ccc6n(-c6ccccc6)c5c4)cc3)nc(-c3cccc(-c4cccc5oc6ccc(-c7ccc8c(c7)c7ccccc7n8-c7ccccc7)cc6c45)c3)n2)cc1. The maximum atomic E-state index is 6.72. The van der Waals surface area contributed by atoms with Gasteiger partial charge in [0.25, 0.3) is 0 Å². The summed E-state index contributed by atoms with van der Waals surface area (Å²) < 4.78 is 18.1. The smallest absolute Gasteiger partial charge is 0.164 e. The first-order valence-corrected chi connectivity index (χ1v) is 37.8. The van der Waals surface area contributed by atoms with Crippen molar-refractivity contribution >= 4 is 87.5 Å². The zero-order valence-corrected chi connectivity index (χ0v) is 60.3. The first-order valence-electron chi connectivity index (χ1n) is 37.8. The summed E-state index contributed by atoms with van der Waals surface area (Å²) in [6.07, 6.45) is 0. The van der Waals surface area contributed by atoms with Gasteiger partial charge in [-0.1, -0.05) is 273 Å². The van der Waals surface area contributed by atoms with Crippen LogP contribution in [0.25, 0.3) is 223 Å². The minimum Gasteiger partial charge on any atom is -0.456 e. The van der Waals surface area contributed by atoms with Crippen molar-refractivity contribution in [2.75, 3.05) is 0 Å². The molecular weight excluding hydrogens is 1370 g/mol. The second-order valence-corrected chi connectivity index (χ2v) is 28.6. The van der Waals surface area contributed by atoms with E-state index in [-0.39, 0.29) is 0 Å². The second-order valence-electron chi connectivity index (χ2n) is 28.6. The van der Waals surface area contributed by atoms with E-state index in [1.807, 2.05) is 66.7 Å². The Labute approximate surface area is 643 Å². The van der Waals surface area contributed by atoms with E-state index >= 15 is 0 Å². The van der Waals surface area contributed by atoms with Crippen LogP contribution in [0.5, 0.6) is 0 Å². The molecule has 522 valence electrons. The molecule has 9 heteroatoms. The van der Waals surface area contributed by atoms with Crippen LogP contribution >= 0.6 is 0 Å². The molecule has 112 heavy (non-hydrogen) atoms. The second kappa shape index (κ2) is 26.3. The summed E-state index contributed by atoms with van der Waals surface area (Å²) >= 11 is 0. The van der Waals surface area contributed by atoms with Crippen molar-refractivity contribution in [3.05, 3.63) is 382 Å². The third-order valence-corrected chi connectivity index (χ3v) is 22.0. The summed E-state index contributed by atoms with van der Waals surface area (Å²) in [5, 5.41) is 8.90. The summed E-state index contributed by atoms with van der Waals surface area (Å²) in [6, 6.07) is 135. The van der Waals surface area contributed by atoms with Crippen molar-refractivity contribution < 1.29 is 8.83 Å². The molecule has 0 fully saturated rings. The molecule has 22 rings (SSSR count). The molecule has 0 aliphatic carbocycles. The molecule has 0 amide bonds. The number of fused-ring (bicyclic) bond motifs is 12. The van der Waals surface area contributed by atoms with Gasteiger partial charge in [-0.25, -0.2) is 24.9 Å². The zero-order chi connectivity index (χ0) is 73.7. The van der Waals surface area contributed by atoms with E-state index in [1.165, 1.54) is 21.8 Å². The van der Waals surface area contributed by atoms with Crippen LogP contribution in [0.2, 0.25) is 0 Å². The van der Waals surface area contributed by atoms with E-state index < -0.39 is 0 Å². The lowest BCUT2D eigenvalue weighted by Crippen LogP contribution is -2.01. The summed E-state index contributed by atoms with van der Waals surface area (Å²) in [5.41, 5.74) is 28.1.